The van der Waals surface area contributed by atoms with Crippen LogP contribution in [0, 0.1) is 5.92 Å². The Morgan fingerprint density at radius 2 is 2.36 bits per heavy atom. The van der Waals surface area contributed by atoms with Gasteiger partial charge in [-0.25, -0.2) is 4.98 Å². The van der Waals surface area contributed by atoms with Crippen molar-refractivity contribution < 1.29 is 10.2 Å². The van der Waals surface area contributed by atoms with Gasteiger partial charge in [-0.1, -0.05) is 0 Å². The van der Waals surface area contributed by atoms with Gasteiger partial charge in [0.05, 0.1) is 5.69 Å². The monoisotopic (exact) mass is 196 g/mol. The topological polar surface area (TPSA) is 58.3 Å². The molecule has 4 nitrogen and oxygen atoms in total. The van der Waals surface area contributed by atoms with Crippen molar-refractivity contribution in [2.75, 3.05) is 13.2 Å². The second-order valence-corrected chi connectivity index (χ2v) is 3.86. The van der Waals surface area contributed by atoms with Crippen molar-refractivity contribution in [3.8, 4) is 0 Å². The van der Waals surface area contributed by atoms with Crippen LogP contribution in [-0.4, -0.2) is 33.0 Å². The van der Waals surface area contributed by atoms with E-state index in [4.69, 9.17) is 10.2 Å². The zero-order valence-electron chi connectivity index (χ0n) is 8.19. The number of fused-ring (bicyclic) bond motifs is 1. The highest BCUT2D eigenvalue weighted by Gasteiger charge is 2.19. The number of rotatable bonds is 3. The highest BCUT2D eigenvalue weighted by atomic mass is 16.3. The zero-order valence-corrected chi connectivity index (χ0v) is 8.19. The van der Waals surface area contributed by atoms with Gasteiger partial charge in [-0.15, -0.1) is 0 Å². The largest absolute Gasteiger partial charge is 0.396 e. The number of nitrogens with zero attached hydrogens (tertiary/aromatic N) is 2. The SMILES string of the molecule is OCCc1cn2c(n1)CC(CO)CC2. The molecular formula is C10H16N2O2. The van der Waals surface area contributed by atoms with Crippen LogP contribution in [0.3, 0.4) is 0 Å². The van der Waals surface area contributed by atoms with Crippen molar-refractivity contribution in [2.45, 2.75) is 25.8 Å². The molecule has 0 bridgehead atoms. The lowest BCUT2D eigenvalue weighted by molar-refractivity contribution is 0.199. The summed E-state index contributed by atoms with van der Waals surface area (Å²) >= 11 is 0. The van der Waals surface area contributed by atoms with Crippen molar-refractivity contribution in [3.63, 3.8) is 0 Å². The molecule has 1 aromatic rings. The Balaban J connectivity index is 2.12. The van der Waals surface area contributed by atoms with Crippen LogP contribution in [0.4, 0.5) is 0 Å². The van der Waals surface area contributed by atoms with Crippen molar-refractivity contribution in [2.24, 2.45) is 5.92 Å². The molecule has 0 saturated heterocycles. The van der Waals surface area contributed by atoms with Crippen LogP contribution in [0.1, 0.15) is 17.9 Å². The second-order valence-electron chi connectivity index (χ2n) is 3.86. The molecule has 0 fully saturated rings. The molecule has 78 valence electrons. The Morgan fingerprint density at radius 1 is 1.50 bits per heavy atom. The molecule has 1 aromatic heterocycles. The third-order valence-corrected chi connectivity index (χ3v) is 2.78. The van der Waals surface area contributed by atoms with Crippen molar-refractivity contribution in [1.82, 2.24) is 9.55 Å². The predicted molar refractivity (Wildman–Crippen MR) is 51.9 cm³/mol. The molecule has 2 N–H and O–H groups in total. The summed E-state index contributed by atoms with van der Waals surface area (Å²) in [7, 11) is 0. The molecule has 0 aromatic carbocycles. The Bertz CT molecular complexity index is 309. The summed E-state index contributed by atoms with van der Waals surface area (Å²) in [5.41, 5.74) is 0.959. The van der Waals surface area contributed by atoms with E-state index in [9.17, 15) is 0 Å². The number of hydrogen-bond acceptors (Lipinski definition) is 3. The first-order chi connectivity index (χ1) is 6.83. The smallest absolute Gasteiger partial charge is 0.109 e. The van der Waals surface area contributed by atoms with Crippen LogP contribution >= 0.6 is 0 Å². The fourth-order valence-electron chi connectivity index (χ4n) is 1.94. The highest BCUT2D eigenvalue weighted by molar-refractivity contribution is 5.07. The van der Waals surface area contributed by atoms with E-state index in [1.807, 2.05) is 6.20 Å². The summed E-state index contributed by atoms with van der Waals surface area (Å²) in [5.74, 6) is 1.42. The fourth-order valence-corrected chi connectivity index (χ4v) is 1.94. The normalized spacial score (nSPS) is 20.9. The Labute approximate surface area is 83.2 Å². The Hall–Kier alpha value is -0.870. The number of aliphatic hydroxyl groups excluding tert-OH is 2. The molecule has 14 heavy (non-hydrogen) atoms. The standard InChI is InChI=1S/C10H16N2O2/c13-4-2-9-6-12-3-1-8(7-14)5-10(12)11-9/h6,8,13-14H,1-5,7H2. The molecule has 1 aliphatic rings. The Kier molecular flexibility index (Phi) is 2.84. The summed E-state index contributed by atoms with van der Waals surface area (Å²) in [6.07, 6.45) is 4.53. The first-order valence-electron chi connectivity index (χ1n) is 5.10. The molecule has 1 unspecified atom stereocenters. The third kappa shape index (κ3) is 1.81. The zero-order chi connectivity index (χ0) is 9.97. The molecule has 2 heterocycles. The second kappa shape index (κ2) is 4.11. The van der Waals surface area contributed by atoms with E-state index in [0.29, 0.717) is 12.3 Å². The van der Waals surface area contributed by atoms with Crippen LogP contribution in [0.25, 0.3) is 0 Å². The summed E-state index contributed by atoms with van der Waals surface area (Å²) < 4.78 is 2.14. The van der Waals surface area contributed by atoms with Gasteiger partial charge < -0.3 is 14.8 Å². The number of aryl methyl sites for hydroxylation is 1. The molecule has 0 aliphatic carbocycles. The molecule has 4 heteroatoms. The minimum atomic E-state index is 0.153. The minimum absolute atomic E-state index is 0.153. The summed E-state index contributed by atoms with van der Waals surface area (Å²) in [6, 6.07) is 0. The van der Waals surface area contributed by atoms with Crippen LogP contribution in [0.15, 0.2) is 6.20 Å². The lowest BCUT2D eigenvalue weighted by atomic mass is 9.99. The molecule has 0 saturated carbocycles. The lowest BCUT2D eigenvalue weighted by Gasteiger charge is -2.20. The maximum absolute atomic E-state index is 9.05. The van der Waals surface area contributed by atoms with Crippen LogP contribution in [0.2, 0.25) is 0 Å². The minimum Gasteiger partial charge on any atom is -0.396 e. The first kappa shape index (κ1) is 9.68. The maximum Gasteiger partial charge on any atom is 0.109 e. The van der Waals surface area contributed by atoms with Crippen LogP contribution in [-0.2, 0) is 19.4 Å². The summed E-state index contributed by atoms with van der Waals surface area (Å²) in [6.45, 7) is 1.35. The summed E-state index contributed by atoms with van der Waals surface area (Å²) in [4.78, 5) is 4.43. The third-order valence-electron chi connectivity index (χ3n) is 2.78. The predicted octanol–water partition coefficient (Wildman–Crippen LogP) is -0.0274. The molecule has 2 rings (SSSR count). The average molecular weight is 196 g/mol. The highest BCUT2D eigenvalue weighted by Crippen LogP contribution is 2.19. The van der Waals surface area contributed by atoms with Gasteiger partial charge in [0.15, 0.2) is 0 Å². The number of imidazole rings is 1. The maximum atomic E-state index is 9.05. The molecular weight excluding hydrogens is 180 g/mol. The molecule has 1 atom stereocenters. The van der Waals surface area contributed by atoms with Gasteiger partial charge >= 0.3 is 0 Å². The van der Waals surface area contributed by atoms with E-state index in [0.717, 1.165) is 30.9 Å². The van der Waals surface area contributed by atoms with E-state index in [2.05, 4.69) is 9.55 Å². The van der Waals surface area contributed by atoms with Gasteiger partial charge in [-0.2, -0.15) is 0 Å². The van der Waals surface area contributed by atoms with Crippen LogP contribution in [0.5, 0.6) is 0 Å². The number of hydrogen-bond donors (Lipinski definition) is 2. The first-order valence-corrected chi connectivity index (χ1v) is 5.10. The summed E-state index contributed by atoms with van der Waals surface area (Å²) in [5, 5.41) is 17.8. The van der Waals surface area contributed by atoms with Gasteiger partial charge in [0, 0.05) is 38.8 Å². The molecule has 1 aliphatic heterocycles. The molecule has 0 spiro atoms. The lowest BCUT2D eigenvalue weighted by Crippen LogP contribution is -2.21. The van der Waals surface area contributed by atoms with E-state index in [-0.39, 0.29) is 13.2 Å². The quantitative estimate of drug-likeness (QED) is 0.714. The van der Waals surface area contributed by atoms with Gasteiger partial charge in [0.2, 0.25) is 0 Å². The van der Waals surface area contributed by atoms with Gasteiger partial charge in [0.1, 0.15) is 5.82 Å². The van der Waals surface area contributed by atoms with Crippen molar-refractivity contribution in [1.29, 1.82) is 0 Å². The van der Waals surface area contributed by atoms with Crippen molar-refractivity contribution >= 4 is 0 Å². The fraction of sp³-hybridized carbons (Fsp3) is 0.700. The number of aromatic nitrogens is 2. The van der Waals surface area contributed by atoms with Gasteiger partial charge in [0.25, 0.3) is 0 Å². The van der Waals surface area contributed by atoms with Crippen LogP contribution < -0.4 is 0 Å². The average Bonchev–Trinajstić information content (AvgIpc) is 2.59. The van der Waals surface area contributed by atoms with E-state index in [1.54, 1.807) is 0 Å². The number of aliphatic hydroxyl groups is 2. The Morgan fingerprint density at radius 3 is 3.07 bits per heavy atom. The van der Waals surface area contributed by atoms with E-state index < -0.39 is 0 Å². The molecule has 0 radical (unpaired) electrons. The molecule has 0 amide bonds. The van der Waals surface area contributed by atoms with Gasteiger partial charge in [-0.3, -0.25) is 0 Å². The van der Waals surface area contributed by atoms with E-state index in [1.165, 1.54) is 0 Å². The van der Waals surface area contributed by atoms with Gasteiger partial charge in [-0.05, 0) is 12.3 Å². The van der Waals surface area contributed by atoms with E-state index >= 15 is 0 Å². The van der Waals surface area contributed by atoms with Crippen molar-refractivity contribution in [3.05, 3.63) is 17.7 Å².